The van der Waals surface area contributed by atoms with E-state index in [4.69, 9.17) is 0 Å². The Bertz CT molecular complexity index is 521. The van der Waals surface area contributed by atoms with Gasteiger partial charge >= 0.3 is 0 Å². The third-order valence-electron chi connectivity index (χ3n) is 2.61. The van der Waals surface area contributed by atoms with Crippen molar-refractivity contribution in [1.29, 1.82) is 0 Å². The van der Waals surface area contributed by atoms with Gasteiger partial charge in [-0.25, -0.2) is 0 Å². The summed E-state index contributed by atoms with van der Waals surface area (Å²) in [6.07, 6.45) is 0. The van der Waals surface area contributed by atoms with E-state index >= 15 is 0 Å². The molecule has 0 saturated heterocycles. The molecule has 0 saturated carbocycles. The van der Waals surface area contributed by atoms with Gasteiger partial charge in [0.05, 0.1) is 11.4 Å². The summed E-state index contributed by atoms with van der Waals surface area (Å²) in [5.41, 5.74) is 2.86. The average molecular weight is 230 g/mol. The predicted molar refractivity (Wildman–Crippen MR) is 65.8 cm³/mol. The number of carbonyl (C=O) groups excluding carboxylic acids is 1. The van der Waals surface area contributed by atoms with Crippen LogP contribution in [-0.4, -0.2) is 5.91 Å². The number of carbonyl (C=O) groups is 1. The number of fused-ring (bicyclic) bond motifs is 1. The van der Waals surface area contributed by atoms with Crippen LogP contribution in [-0.2, 0) is 4.79 Å². The maximum absolute atomic E-state index is 11.9. The van der Waals surface area contributed by atoms with Crippen LogP contribution in [0.5, 0.6) is 0 Å². The summed E-state index contributed by atoms with van der Waals surface area (Å²) in [6, 6.07) is 9.44. The van der Waals surface area contributed by atoms with Crippen molar-refractivity contribution in [2.24, 2.45) is 0 Å². The lowest BCUT2D eigenvalue weighted by Crippen LogP contribution is -2.31. The minimum atomic E-state index is -0.289. The summed E-state index contributed by atoms with van der Waals surface area (Å²) in [5, 5.41) is 10.1. The standard InChI is InChI=1S/C12H10N2OS/c15-12-11(8-4-2-1-3-5-8)13-9-6-16-7-10(9)14-12/h1-7,11,13H,(H,14,15). The topological polar surface area (TPSA) is 41.1 Å². The molecule has 2 heterocycles. The number of nitrogens with one attached hydrogen (secondary N) is 2. The van der Waals surface area contributed by atoms with E-state index < -0.39 is 0 Å². The van der Waals surface area contributed by atoms with E-state index in [0.29, 0.717) is 0 Å². The SMILES string of the molecule is O=C1Nc2cscc2NC1c1ccccc1. The molecule has 3 nitrogen and oxygen atoms in total. The van der Waals surface area contributed by atoms with Gasteiger partial charge < -0.3 is 10.6 Å². The van der Waals surface area contributed by atoms with Gasteiger partial charge in [-0.15, -0.1) is 11.3 Å². The highest BCUT2D eigenvalue weighted by Gasteiger charge is 2.26. The molecule has 1 aliphatic heterocycles. The van der Waals surface area contributed by atoms with E-state index in [0.717, 1.165) is 16.9 Å². The van der Waals surface area contributed by atoms with Gasteiger partial charge in [-0.05, 0) is 5.56 Å². The first-order valence-corrected chi connectivity index (χ1v) is 5.97. The van der Waals surface area contributed by atoms with Crippen LogP contribution >= 0.6 is 11.3 Å². The Hall–Kier alpha value is -1.81. The molecule has 1 aromatic carbocycles. The Labute approximate surface area is 97.1 Å². The smallest absolute Gasteiger partial charge is 0.251 e. The van der Waals surface area contributed by atoms with E-state index in [9.17, 15) is 4.79 Å². The highest BCUT2D eigenvalue weighted by Crippen LogP contribution is 2.34. The molecule has 1 aliphatic rings. The summed E-state index contributed by atoms with van der Waals surface area (Å²) in [6.45, 7) is 0. The fraction of sp³-hybridized carbons (Fsp3) is 0.0833. The highest BCUT2D eigenvalue weighted by atomic mass is 32.1. The van der Waals surface area contributed by atoms with E-state index in [1.54, 1.807) is 11.3 Å². The number of rotatable bonds is 1. The van der Waals surface area contributed by atoms with Crippen molar-refractivity contribution in [3.8, 4) is 0 Å². The lowest BCUT2D eigenvalue weighted by atomic mass is 10.0. The second-order valence-corrected chi connectivity index (χ2v) is 4.42. The average Bonchev–Trinajstić information content (AvgIpc) is 2.76. The van der Waals surface area contributed by atoms with Crippen LogP contribution in [0.25, 0.3) is 0 Å². The highest BCUT2D eigenvalue weighted by molar-refractivity contribution is 7.09. The Kier molecular flexibility index (Phi) is 2.15. The third kappa shape index (κ3) is 1.47. The van der Waals surface area contributed by atoms with Crippen molar-refractivity contribution in [2.75, 3.05) is 10.6 Å². The summed E-state index contributed by atoms with van der Waals surface area (Å²) < 4.78 is 0. The van der Waals surface area contributed by atoms with E-state index in [1.165, 1.54) is 0 Å². The largest absolute Gasteiger partial charge is 0.368 e. The Morgan fingerprint density at radius 1 is 1.06 bits per heavy atom. The molecular formula is C12H10N2OS. The van der Waals surface area contributed by atoms with Crippen LogP contribution in [0.1, 0.15) is 11.6 Å². The molecule has 0 bridgehead atoms. The lowest BCUT2D eigenvalue weighted by molar-refractivity contribution is -0.117. The van der Waals surface area contributed by atoms with Crippen molar-refractivity contribution in [3.05, 3.63) is 46.7 Å². The van der Waals surface area contributed by atoms with E-state index in [-0.39, 0.29) is 11.9 Å². The van der Waals surface area contributed by atoms with Gasteiger partial charge in [0, 0.05) is 10.8 Å². The van der Waals surface area contributed by atoms with Gasteiger partial charge in [-0.2, -0.15) is 0 Å². The molecule has 1 aromatic heterocycles. The Balaban J connectivity index is 1.97. The van der Waals surface area contributed by atoms with Crippen molar-refractivity contribution < 1.29 is 4.79 Å². The monoisotopic (exact) mass is 230 g/mol. The molecule has 0 radical (unpaired) electrons. The van der Waals surface area contributed by atoms with Crippen LogP contribution < -0.4 is 10.6 Å². The fourth-order valence-corrected chi connectivity index (χ4v) is 2.53. The van der Waals surface area contributed by atoms with Crippen molar-refractivity contribution in [1.82, 2.24) is 0 Å². The summed E-state index contributed by atoms with van der Waals surface area (Å²) in [5.74, 6) is -0.00269. The number of amides is 1. The Morgan fingerprint density at radius 2 is 1.81 bits per heavy atom. The molecule has 2 aromatic rings. The zero-order valence-electron chi connectivity index (χ0n) is 8.44. The van der Waals surface area contributed by atoms with Crippen LogP contribution in [0.3, 0.4) is 0 Å². The second kappa shape index (κ2) is 3.64. The normalized spacial score (nSPS) is 18.5. The quantitative estimate of drug-likeness (QED) is 0.791. The first kappa shape index (κ1) is 9.42. The molecule has 1 amide bonds. The maximum Gasteiger partial charge on any atom is 0.251 e. The van der Waals surface area contributed by atoms with Gasteiger partial charge in [0.25, 0.3) is 5.91 Å². The summed E-state index contributed by atoms with van der Waals surface area (Å²) in [7, 11) is 0. The number of anilines is 2. The fourth-order valence-electron chi connectivity index (χ4n) is 1.81. The molecule has 1 atom stereocenters. The van der Waals surface area contributed by atoms with Crippen molar-refractivity contribution >= 4 is 28.6 Å². The molecule has 4 heteroatoms. The molecule has 0 spiro atoms. The molecule has 3 rings (SSSR count). The number of hydrogen-bond acceptors (Lipinski definition) is 3. The minimum absolute atomic E-state index is 0.00269. The first-order chi connectivity index (χ1) is 7.84. The maximum atomic E-state index is 11.9. The van der Waals surface area contributed by atoms with Gasteiger partial charge in [0.1, 0.15) is 6.04 Å². The molecule has 2 N–H and O–H groups in total. The van der Waals surface area contributed by atoms with Crippen molar-refractivity contribution in [2.45, 2.75) is 6.04 Å². The number of benzene rings is 1. The molecule has 16 heavy (non-hydrogen) atoms. The zero-order chi connectivity index (χ0) is 11.0. The molecule has 0 aliphatic carbocycles. The second-order valence-electron chi connectivity index (χ2n) is 3.68. The first-order valence-electron chi connectivity index (χ1n) is 5.03. The van der Waals surface area contributed by atoms with Crippen LogP contribution in [0.4, 0.5) is 11.4 Å². The van der Waals surface area contributed by atoms with Gasteiger partial charge in [0.15, 0.2) is 0 Å². The number of hydrogen-bond donors (Lipinski definition) is 2. The van der Waals surface area contributed by atoms with Crippen LogP contribution in [0.15, 0.2) is 41.1 Å². The summed E-state index contributed by atoms with van der Waals surface area (Å²) >= 11 is 1.58. The molecule has 80 valence electrons. The van der Waals surface area contributed by atoms with E-state index in [2.05, 4.69) is 10.6 Å². The van der Waals surface area contributed by atoms with Crippen LogP contribution in [0, 0.1) is 0 Å². The summed E-state index contributed by atoms with van der Waals surface area (Å²) in [4.78, 5) is 11.9. The third-order valence-corrected chi connectivity index (χ3v) is 3.36. The number of thiophene rings is 1. The van der Waals surface area contributed by atoms with Crippen LogP contribution in [0.2, 0.25) is 0 Å². The van der Waals surface area contributed by atoms with Gasteiger partial charge in [0.2, 0.25) is 0 Å². The molecular weight excluding hydrogens is 220 g/mol. The molecule has 1 unspecified atom stereocenters. The van der Waals surface area contributed by atoms with Gasteiger partial charge in [-0.3, -0.25) is 4.79 Å². The lowest BCUT2D eigenvalue weighted by Gasteiger charge is -2.24. The van der Waals surface area contributed by atoms with E-state index in [1.807, 2.05) is 41.1 Å². The minimum Gasteiger partial charge on any atom is -0.368 e. The van der Waals surface area contributed by atoms with Gasteiger partial charge in [-0.1, -0.05) is 30.3 Å². The Morgan fingerprint density at radius 3 is 2.62 bits per heavy atom. The molecule has 0 fully saturated rings. The zero-order valence-corrected chi connectivity index (χ0v) is 9.25. The predicted octanol–water partition coefficient (Wildman–Crippen LogP) is 2.85. The van der Waals surface area contributed by atoms with Crippen molar-refractivity contribution in [3.63, 3.8) is 0 Å².